The van der Waals surface area contributed by atoms with Crippen LogP contribution in [0, 0.1) is 10.1 Å². The molecular weight excluding hydrogens is 258 g/mol. The molecule has 0 unspecified atom stereocenters. The topological polar surface area (TPSA) is 77.3 Å². The highest BCUT2D eigenvalue weighted by molar-refractivity contribution is 5.32. The lowest BCUT2D eigenvalue weighted by atomic mass is 10.2. The average molecular weight is 273 g/mol. The first-order valence-corrected chi connectivity index (χ1v) is 6.23. The minimum Gasteiger partial charge on any atom is -0.476 e. The highest BCUT2D eigenvalue weighted by atomic mass is 16.6. The largest absolute Gasteiger partial charge is 0.476 e. The molecule has 0 spiro atoms. The molecule has 0 saturated carbocycles. The SMILES string of the molecule is O=[N+]([O-])c1ccc(CNCCOc2ccccn2)cc1. The van der Waals surface area contributed by atoms with Crippen LogP contribution in [0.15, 0.2) is 48.7 Å². The number of nitro groups is 1. The summed E-state index contributed by atoms with van der Waals surface area (Å²) in [6, 6.07) is 12.0. The Hall–Kier alpha value is -2.47. The summed E-state index contributed by atoms with van der Waals surface area (Å²) in [6.45, 7) is 1.83. The van der Waals surface area contributed by atoms with Crippen LogP contribution in [0.1, 0.15) is 5.56 Å². The molecule has 0 aliphatic heterocycles. The Bertz CT molecular complexity index is 543. The number of hydrogen-bond acceptors (Lipinski definition) is 5. The third-order valence-electron chi connectivity index (χ3n) is 2.64. The molecule has 0 aliphatic rings. The van der Waals surface area contributed by atoms with Gasteiger partial charge in [-0.1, -0.05) is 18.2 Å². The fraction of sp³-hybridized carbons (Fsp3) is 0.214. The number of ether oxygens (including phenoxy) is 1. The number of nitrogens with zero attached hydrogens (tertiary/aromatic N) is 2. The number of aromatic nitrogens is 1. The lowest BCUT2D eigenvalue weighted by Crippen LogP contribution is -2.20. The van der Waals surface area contributed by atoms with Crippen molar-refractivity contribution < 1.29 is 9.66 Å². The van der Waals surface area contributed by atoms with Crippen molar-refractivity contribution in [1.82, 2.24) is 10.3 Å². The predicted octanol–water partition coefficient (Wildman–Crippen LogP) is 2.16. The number of benzene rings is 1. The Kier molecular flexibility index (Phi) is 5.02. The zero-order valence-corrected chi connectivity index (χ0v) is 10.9. The van der Waals surface area contributed by atoms with E-state index in [0.29, 0.717) is 25.6 Å². The molecule has 1 aromatic carbocycles. The van der Waals surface area contributed by atoms with Crippen molar-refractivity contribution >= 4 is 5.69 Å². The molecule has 0 fully saturated rings. The molecule has 1 N–H and O–H groups in total. The van der Waals surface area contributed by atoms with Gasteiger partial charge in [0.2, 0.25) is 5.88 Å². The van der Waals surface area contributed by atoms with Crippen LogP contribution in [0.5, 0.6) is 5.88 Å². The zero-order chi connectivity index (χ0) is 14.2. The van der Waals surface area contributed by atoms with Crippen molar-refractivity contribution in [3.63, 3.8) is 0 Å². The van der Waals surface area contributed by atoms with Crippen LogP contribution >= 0.6 is 0 Å². The van der Waals surface area contributed by atoms with Crippen molar-refractivity contribution in [3.05, 3.63) is 64.3 Å². The smallest absolute Gasteiger partial charge is 0.269 e. The van der Waals surface area contributed by atoms with Crippen LogP contribution in [0.3, 0.4) is 0 Å². The summed E-state index contributed by atoms with van der Waals surface area (Å²) in [4.78, 5) is 14.2. The Labute approximate surface area is 116 Å². The van der Waals surface area contributed by atoms with Crippen LogP contribution in [0.4, 0.5) is 5.69 Å². The van der Waals surface area contributed by atoms with E-state index in [-0.39, 0.29) is 5.69 Å². The molecule has 2 aromatic rings. The molecule has 6 heteroatoms. The standard InChI is InChI=1S/C14H15N3O3/c18-17(19)13-6-4-12(5-7-13)11-15-9-10-20-14-3-1-2-8-16-14/h1-8,15H,9-11H2. The normalized spacial score (nSPS) is 10.2. The summed E-state index contributed by atoms with van der Waals surface area (Å²) in [6.07, 6.45) is 1.68. The molecule has 0 radical (unpaired) electrons. The van der Waals surface area contributed by atoms with Crippen LogP contribution in [-0.2, 0) is 6.54 Å². The highest BCUT2D eigenvalue weighted by Gasteiger charge is 2.03. The zero-order valence-electron chi connectivity index (χ0n) is 10.9. The summed E-state index contributed by atoms with van der Waals surface area (Å²) in [5, 5.41) is 13.7. The second-order valence-electron chi connectivity index (χ2n) is 4.12. The molecule has 0 amide bonds. The van der Waals surface area contributed by atoms with Gasteiger partial charge in [-0.15, -0.1) is 0 Å². The van der Waals surface area contributed by atoms with Crippen LogP contribution < -0.4 is 10.1 Å². The van der Waals surface area contributed by atoms with Gasteiger partial charge in [0.05, 0.1) is 4.92 Å². The Morgan fingerprint density at radius 3 is 2.65 bits per heavy atom. The van der Waals surface area contributed by atoms with Crippen molar-refractivity contribution in [2.24, 2.45) is 0 Å². The summed E-state index contributed by atoms with van der Waals surface area (Å²) in [5.74, 6) is 0.602. The number of non-ortho nitro benzene ring substituents is 1. The van der Waals surface area contributed by atoms with Gasteiger partial charge in [-0.3, -0.25) is 10.1 Å². The second-order valence-corrected chi connectivity index (χ2v) is 4.12. The maximum Gasteiger partial charge on any atom is 0.269 e. The van der Waals surface area contributed by atoms with E-state index < -0.39 is 4.92 Å². The molecule has 6 nitrogen and oxygen atoms in total. The van der Waals surface area contributed by atoms with Crippen molar-refractivity contribution in [2.45, 2.75) is 6.54 Å². The molecule has 0 bridgehead atoms. The van der Waals surface area contributed by atoms with Crippen molar-refractivity contribution in [1.29, 1.82) is 0 Å². The second kappa shape index (κ2) is 7.20. The van der Waals surface area contributed by atoms with Gasteiger partial charge in [0.15, 0.2) is 0 Å². The van der Waals surface area contributed by atoms with Gasteiger partial charge in [0.25, 0.3) is 5.69 Å². The maximum absolute atomic E-state index is 10.5. The third-order valence-corrected chi connectivity index (χ3v) is 2.64. The van der Waals surface area contributed by atoms with E-state index in [1.54, 1.807) is 24.4 Å². The van der Waals surface area contributed by atoms with E-state index >= 15 is 0 Å². The van der Waals surface area contributed by atoms with Gasteiger partial charge in [-0.05, 0) is 11.6 Å². The first-order chi connectivity index (χ1) is 9.75. The summed E-state index contributed by atoms with van der Waals surface area (Å²) < 4.78 is 5.43. The first-order valence-electron chi connectivity index (χ1n) is 6.23. The lowest BCUT2D eigenvalue weighted by molar-refractivity contribution is -0.384. The molecule has 0 saturated heterocycles. The van der Waals surface area contributed by atoms with E-state index in [1.807, 2.05) is 12.1 Å². The number of hydrogen-bond donors (Lipinski definition) is 1. The van der Waals surface area contributed by atoms with Gasteiger partial charge in [-0.2, -0.15) is 0 Å². The van der Waals surface area contributed by atoms with Gasteiger partial charge >= 0.3 is 0 Å². The Balaban J connectivity index is 1.67. The highest BCUT2D eigenvalue weighted by Crippen LogP contribution is 2.11. The molecule has 0 aliphatic carbocycles. The minimum absolute atomic E-state index is 0.104. The van der Waals surface area contributed by atoms with Crippen LogP contribution in [-0.4, -0.2) is 23.1 Å². The fourth-order valence-corrected chi connectivity index (χ4v) is 1.63. The molecular formula is C14H15N3O3. The number of nitrogens with one attached hydrogen (secondary N) is 1. The maximum atomic E-state index is 10.5. The third kappa shape index (κ3) is 4.33. The Morgan fingerprint density at radius 2 is 2.00 bits per heavy atom. The van der Waals surface area contributed by atoms with Gasteiger partial charge < -0.3 is 10.1 Å². The number of rotatable bonds is 7. The van der Waals surface area contributed by atoms with Gasteiger partial charge in [-0.25, -0.2) is 4.98 Å². The lowest BCUT2D eigenvalue weighted by Gasteiger charge is -2.06. The molecule has 1 aromatic heterocycles. The molecule has 1 heterocycles. The molecule has 20 heavy (non-hydrogen) atoms. The first kappa shape index (κ1) is 14.0. The van der Waals surface area contributed by atoms with Crippen LogP contribution in [0.2, 0.25) is 0 Å². The van der Waals surface area contributed by atoms with E-state index in [4.69, 9.17) is 4.74 Å². The predicted molar refractivity (Wildman–Crippen MR) is 74.5 cm³/mol. The molecule has 104 valence electrons. The van der Waals surface area contributed by atoms with E-state index in [2.05, 4.69) is 10.3 Å². The number of pyridine rings is 1. The monoisotopic (exact) mass is 273 g/mol. The van der Waals surface area contributed by atoms with E-state index in [1.165, 1.54) is 12.1 Å². The van der Waals surface area contributed by atoms with Crippen molar-refractivity contribution in [2.75, 3.05) is 13.2 Å². The summed E-state index contributed by atoms with van der Waals surface area (Å²) in [5.41, 5.74) is 1.10. The van der Waals surface area contributed by atoms with Crippen molar-refractivity contribution in [3.8, 4) is 5.88 Å². The average Bonchev–Trinajstić information content (AvgIpc) is 2.48. The van der Waals surface area contributed by atoms with E-state index in [0.717, 1.165) is 5.56 Å². The number of nitro benzene ring substituents is 1. The molecule has 2 rings (SSSR count). The van der Waals surface area contributed by atoms with Gasteiger partial charge in [0.1, 0.15) is 6.61 Å². The fourth-order valence-electron chi connectivity index (χ4n) is 1.63. The summed E-state index contributed by atoms with van der Waals surface area (Å²) in [7, 11) is 0. The minimum atomic E-state index is -0.405. The van der Waals surface area contributed by atoms with Gasteiger partial charge in [0, 0.05) is 37.5 Å². The van der Waals surface area contributed by atoms with Crippen LogP contribution in [0.25, 0.3) is 0 Å². The van der Waals surface area contributed by atoms with E-state index in [9.17, 15) is 10.1 Å². The summed E-state index contributed by atoms with van der Waals surface area (Å²) >= 11 is 0. The molecule has 0 atom stereocenters. The quantitative estimate of drug-likeness (QED) is 0.475. The Morgan fingerprint density at radius 1 is 1.20 bits per heavy atom.